The molecule has 0 unspecified atom stereocenters. The van der Waals surface area contributed by atoms with E-state index < -0.39 is 0 Å². The number of rotatable bonds is 6. The summed E-state index contributed by atoms with van der Waals surface area (Å²) in [5, 5.41) is 2.21. The van der Waals surface area contributed by atoms with Gasteiger partial charge in [-0.15, -0.1) is 0 Å². The zero-order chi connectivity index (χ0) is 40.3. The van der Waals surface area contributed by atoms with Crippen molar-refractivity contribution in [2.75, 3.05) is 0 Å². The SMILES string of the molecule is Cc1cc(-n2c3[c-]c(Oc4[c-]c(-n5cc6c7cnc(n6[c]5=[Pt])CCc5ccc(cc5)CC7)ccc4)ccc3c3cc(-c4ccccc4)ccc32)nc(C)c1-c1ccccc1. The Bertz CT molecular complexity index is 3300. The van der Waals surface area contributed by atoms with E-state index in [1.807, 2.05) is 18.2 Å². The molecule has 0 saturated heterocycles. The van der Waals surface area contributed by atoms with E-state index in [-0.39, 0.29) is 0 Å². The third kappa shape index (κ3) is 6.43. The average molecular weight is 957 g/mol. The predicted molar refractivity (Wildman–Crippen MR) is 236 cm³/mol. The van der Waals surface area contributed by atoms with Gasteiger partial charge in [-0.3, -0.25) is 0 Å². The molecule has 0 N–H and O–H groups in total. The molecular formula is C53H39N5OPt-2. The first-order chi connectivity index (χ1) is 29.4. The van der Waals surface area contributed by atoms with Crippen molar-refractivity contribution < 1.29 is 24.1 Å². The fourth-order valence-electron chi connectivity index (χ4n) is 8.86. The first-order valence-electron chi connectivity index (χ1n) is 20.4. The Morgan fingerprint density at radius 3 is 2.13 bits per heavy atom. The first-order valence-corrected chi connectivity index (χ1v) is 21.5. The molecule has 0 atom stereocenters. The van der Waals surface area contributed by atoms with Gasteiger partial charge in [0.05, 0.1) is 0 Å². The molecule has 0 fully saturated rings. The summed E-state index contributed by atoms with van der Waals surface area (Å²) in [6, 6.07) is 56.5. The van der Waals surface area contributed by atoms with Crippen LogP contribution in [0.2, 0.25) is 0 Å². The van der Waals surface area contributed by atoms with Crippen LogP contribution in [-0.4, -0.2) is 23.5 Å². The van der Waals surface area contributed by atoms with E-state index in [2.05, 4.69) is 193 Å². The molecular weight excluding hydrogens is 918 g/mol. The number of fused-ring (bicyclic) bond motifs is 3. The maximum atomic E-state index is 6.66. The Balaban J connectivity index is 1.00. The van der Waals surface area contributed by atoms with Gasteiger partial charge in [-0.05, 0) is 36.1 Å². The summed E-state index contributed by atoms with van der Waals surface area (Å²) < 4.78 is 14.5. The van der Waals surface area contributed by atoms with Gasteiger partial charge in [-0.2, -0.15) is 0 Å². The number of hydrogen-bond acceptors (Lipinski definition) is 3. The standard InChI is InChI=1S/C53H39N5O.Pt/c1-35-28-52(55-36(2)53(35)40-12-7-4-8-13-40)58-48-26-23-41(39-10-5-3-6-11-39)29-47(48)46-25-24-45(31-49(46)58)59-44-15-9-14-43(30-44)56-33-50-42-22-20-37-16-18-38(19-17-37)21-27-51(54-32-42)57(50)34-56;/h3-19,23-26,28-29,32-33H,20-22,27H2,1-2H3;/q-2;. The van der Waals surface area contributed by atoms with Crippen LogP contribution in [0.5, 0.6) is 11.5 Å². The Kier molecular flexibility index (Phi) is 9.04. The monoisotopic (exact) mass is 956 g/mol. The van der Waals surface area contributed by atoms with Crippen LogP contribution in [0.15, 0.2) is 152 Å². The van der Waals surface area contributed by atoms with Crippen LogP contribution in [-0.2, 0) is 45.0 Å². The number of aromatic nitrogens is 5. The number of nitrogens with zero attached hydrogens (tertiary/aromatic N) is 5. The second-order valence-electron chi connectivity index (χ2n) is 15.6. The van der Waals surface area contributed by atoms with Crippen molar-refractivity contribution >= 4 is 27.3 Å². The van der Waals surface area contributed by atoms with Gasteiger partial charge in [0.1, 0.15) is 0 Å². The number of benzene rings is 6. The summed E-state index contributed by atoms with van der Waals surface area (Å²) >= 11 is 2.43. The quantitative estimate of drug-likeness (QED) is 0.156. The van der Waals surface area contributed by atoms with E-state index >= 15 is 0 Å². The van der Waals surface area contributed by atoms with Gasteiger partial charge in [-0.1, -0.05) is 66.7 Å². The topological polar surface area (TPSA) is 49.3 Å². The molecule has 4 bridgehead atoms. The van der Waals surface area contributed by atoms with Crippen molar-refractivity contribution in [1.82, 2.24) is 23.5 Å². The van der Waals surface area contributed by atoms with E-state index in [4.69, 9.17) is 14.7 Å². The second-order valence-corrected chi connectivity index (χ2v) is 16.6. The van der Waals surface area contributed by atoms with Crippen LogP contribution >= 0.6 is 0 Å². The van der Waals surface area contributed by atoms with Crippen molar-refractivity contribution in [2.45, 2.75) is 39.5 Å². The van der Waals surface area contributed by atoms with Crippen LogP contribution in [0.3, 0.4) is 0 Å². The van der Waals surface area contributed by atoms with Gasteiger partial charge >= 0.3 is 247 Å². The Labute approximate surface area is 359 Å². The van der Waals surface area contributed by atoms with Crippen molar-refractivity contribution in [3.8, 4) is 45.3 Å². The Hall–Kier alpha value is -6.62. The molecule has 14 rings (SSSR count). The zero-order valence-corrected chi connectivity index (χ0v) is 35.5. The molecule has 6 aromatic carbocycles. The number of aryl methyl sites for hydroxylation is 6. The number of imidazole rings is 1. The third-order valence-electron chi connectivity index (χ3n) is 11.8. The van der Waals surface area contributed by atoms with Crippen molar-refractivity contribution in [2.24, 2.45) is 0 Å². The number of ether oxygens (including phenoxy) is 1. The molecule has 0 spiro atoms. The van der Waals surface area contributed by atoms with Gasteiger partial charge in [-0.25, -0.2) is 0 Å². The fraction of sp³-hybridized carbons (Fsp3) is 0.113. The van der Waals surface area contributed by atoms with Crippen molar-refractivity contribution in [1.29, 1.82) is 0 Å². The number of pyridine rings is 1. The summed E-state index contributed by atoms with van der Waals surface area (Å²) in [4.78, 5) is 10.2. The van der Waals surface area contributed by atoms with E-state index in [1.165, 1.54) is 27.8 Å². The van der Waals surface area contributed by atoms with Gasteiger partial charge in [0.15, 0.2) is 0 Å². The molecule has 4 aromatic heterocycles. The van der Waals surface area contributed by atoms with Crippen LogP contribution in [0.1, 0.15) is 33.8 Å². The predicted octanol–water partition coefficient (Wildman–Crippen LogP) is 11.9. The van der Waals surface area contributed by atoms with Crippen LogP contribution < -0.4 is 4.74 Å². The summed E-state index contributed by atoms with van der Waals surface area (Å²) in [5.74, 6) is 3.11. The van der Waals surface area contributed by atoms with Gasteiger partial charge < -0.3 is 0 Å². The third-order valence-corrected chi connectivity index (χ3v) is 12.9. The van der Waals surface area contributed by atoms with E-state index in [9.17, 15) is 0 Å². The summed E-state index contributed by atoms with van der Waals surface area (Å²) in [6.45, 7) is 4.27. The molecule has 6 nitrogen and oxygen atoms in total. The Morgan fingerprint density at radius 2 is 1.37 bits per heavy atom. The summed E-state index contributed by atoms with van der Waals surface area (Å²) in [6.07, 6.45) is 7.98. The molecule has 0 aliphatic carbocycles. The number of hydrogen-bond donors (Lipinski definition) is 0. The van der Waals surface area contributed by atoms with E-state index in [1.54, 1.807) is 0 Å². The van der Waals surface area contributed by atoms with Crippen molar-refractivity contribution in [3.05, 3.63) is 202 Å². The smallest absolute Gasteiger partial charge is 0.0622 e. The molecule has 0 amide bonds. The average Bonchev–Trinajstić information content (AvgIpc) is 3.79. The molecule has 294 valence electrons. The first kappa shape index (κ1) is 36.5. The minimum Gasteiger partial charge on any atom is -0.0622 e. The minimum absolute atomic E-state index is 0.602. The van der Waals surface area contributed by atoms with E-state index in [0.717, 1.165) is 96.6 Å². The zero-order valence-electron chi connectivity index (χ0n) is 33.2. The molecule has 4 aliphatic rings. The van der Waals surface area contributed by atoms with Gasteiger partial charge in [0, 0.05) is 11.3 Å². The van der Waals surface area contributed by atoms with Crippen LogP contribution in [0, 0.1) is 29.8 Å². The summed E-state index contributed by atoms with van der Waals surface area (Å²) in [5.41, 5.74) is 14.7. The van der Waals surface area contributed by atoms with Crippen molar-refractivity contribution in [3.63, 3.8) is 0 Å². The van der Waals surface area contributed by atoms with Crippen LogP contribution in [0.4, 0.5) is 0 Å². The van der Waals surface area contributed by atoms with E-state index in [0.29, 0.717) is 11.5 Å². The second kappa shape index (κ2) is 14.9. The Morgan fingerprint density at radius 1 is 0.633 bits per heavy atom. The normalized spacial score (nSPS) is 12.7. The fourth-order valence-corrected chi connectivity index (χ4v) is 9.85. The molecule has 8 heterocycles. The minimum atomic E-state index is 0.602. The molecule has 4 aliphatic heterocycles. The molecule has 0 radical (unpaired) electrons. The molecule has 0 saturated carbocycles. The molecule has 10 aromatic rings. The summed E-state index contributed by atoms with van der Waals surface area (Å²) in [7, 11) is 0. The molecule has 60 heavy (non-hydrogen) atoms. The van der Waals surface area contributed by atoms with Gasteiger partial charge in [0.25, 0.3) is 0 Å². The molecule has 7 heteroatoms. The maximum absolute atomic E-state index is 6.66. The van der Waals surface area contributed by atoms with Crippen LogP contribution in [0.25, 0.3) is 61.1 Å². The van der Waals surface area contributed by atoms with Gasteiger partial charge in [0.2, 0.25) is 0 Å².